The zero-order valence-corrected chi connectivity index (χ0v) is 13.0. The molecule has 1 rings (SSSR count). The van der Waals surface area contributed by atoms with Gasteiger partial charge in [0.15, 0.2) is 0 Å². The Kier molecular flexibility index (Phi) is 6.19. The standard InChI is InChI=1S/C15H26N2S/c1-6-13(5)18-9-15(17-16)14-8-11(3)10(2)7-12(14)4/h7-8,13,15,17H,6,9,16H2,1-5H3. The summed E-state index contributed by atoms with van der Waals surface area (Å²) in [4.78, 5) is 0. The summed E-state index contributed by atoms with van der Waals surface area (Å²) in [5, 5.41) is 0.688. The van der Waals surface area contributed by atoms with Gasteiger partial charge in [0.2, 0.25) is 0 Å². The van der Waals surface area contributed by atoms with Gasteiger partial charge in [0.1, 0.15) is 0 Å². The second-order valence-corrected chi connectivity index (χ2v) is 6.54. The van der Waals surface area contributed by atoms with Crippen LogP contribution in [0.15, 0.2) is 12.1 Å². The van der Waals surface area contributed by atoms with E-state index in [-0.39, 0.29) is 6.04 Å². The van der Waals surface area contributed by atoms with Crippen molar-refractivity contribution < 1.29 is 0 Å². The van der Waals surface area contributed by atoms with Crippen molar-refractivity contribution in [3.05, 3.63) is 34.4 Å². The molecule has 3 N–H and O–H groups in total. The van der Waals surface area contributed by atoms with E-state index in [0.29, 0.717) is 5.25 Å². The molecule has 0 saturated heterocycles. The van der Waals surface area contributed by atoms with Crippen LogP contribution >= 0.6 is 11.8 Å². The molecule has 0 heterocycles. The van der Waals surface area contributed by atoms with E-state index in [9.17, 15) is 0 Å². The molecule has 0 amide bonds. The number of rotatable bonds is 6. The summed E-state index contributed by atoms with van der Waals surface area (Å²) in [5.41, 5.74) is 8.31. The lowest BCUT2D eigenvalue weighted by atomic mass is 9.97. The quantitative estimate of drug-likeness (QED) is 0.610. The highest BCUT2D eigenvalue weighted by Gasteiger charge is 2.14. The lowest BCUT2D eigenvalue weighted by Crippen LogP contribution is -2.30. The van der Waals surface area contributed by atoms with E-state index in [1.807, 2.05) is 11.8 Å². The SMILES string of the molecule is CCC(C)SCC(NN)c1cc(C)c(C)cc1C. The van der Waals surface area contributed by atoms with E-state index >= 15 is 0 Å². The number of nitrogens with two attached hydrogens (primary N) is 1. The Labute approximate surface area is 116 Å². The molecule has 18 heavy (non-hydrogen) atoms. The Balaban J connectivity index is 2.85. The van der Waals surface area contributed by atoms with Gasteiger partial charge in [-0.05, 0) is 49.4 Å². The monoisotopic (exact) mass is 266 g/mol. The number of thioether (sulfide) groups is 1. The Bertz CT molecular complexity index is 390. The molecule has 2 atom stereocenters. The van der Waals surface area contributed by atoms with Gasteiger partial charge in [-0.3, -0.25) is 11.3 Å². The zero-order valence-electron chi connectivity index (χ0n) is 12.2. The number of hydrogen-bond donors (Lipinski definition) is 2. The molecule has 0 aliphatic heterocycles. The fourth-order valence-corrected chi connectivity index (χ4v) is 3.00. The van der Waals surface area contributed by atoms with Crippen LogP contribution in [-0.4, -0.2) is 11.0 Å². The van der Waals surface area contributed by atoms with Crippen molar-refractivity contribution in [3.63, 3.8) is 0 Å². The normalized spacial score (nSPS) is 14.6. The Morgan fingerprint density at radius 1 is 1.17 bits per heavy atom. The molecular formula is C15H26N2S. The minimum atomic E-state index is 0.239. The molecule has 0 saturated carbocycles. The first-order valence-corrected chi connectivity index (χ1v) is 7.69. The third kappa shape index (κ3) is 4.01. The number of aryl methyl sites for hydroxylation is 3. The predicted molar refractivity (Wildman–Crippen MR) is 82.9 cm³/mol. The summed E-state index contributed by atoms with van der Waals surface area (Å²) < 4.78 is 0. The maximum atomic E-state index is 5.73. The van der Waals surface area contributed by atoms with Crippen LogP contribution in [0.2, 0.25) is 0 Å². The number of hydrogen-bond acceptors (Lipinski definition) is 3. The molecule has 0 spiro atoms. The van der Waals surface area contributed by atoms with E-state index in [1.165, 1.54) is 28.7 Å². The fraction of sp³-hybridized carbons (Fsp3) is 0.600. The maximum Gasteiger partial charge on any atom is 0.0553 e. The first-order chi connectivity index (χ1) is 8.49. The van der Waals surface area contributed by atoms with Gasteiger partial charge in [0.05, 0.1) is 6.04 Å². The molecule has 1 aromatic carbocycles. The van der Waals surface area contributed by atoms with E-state index in [0.717, 1.165) is 5.75 Å². The van der Waals surface area contributed by atoms with Crippen LogP contribution in [0.1, 0.15) is 48.6 Å². The number of benzene rings is 1. The Morgan fingerprint density at radius 3 is 2.33 bits per heavy atom. The molecule has 2 unspecified atom stereocenters. The first-order valence-electron chi connectivity index (χ1n) is 6.65. The maximum absolute atomic E-state index is 5.73. The highest BCUT2D eigenvalue weighted by molar-refractivity contribution is 7.99. The van der Waals surface area contributed by atoms with Crippen LogP contribution in [0, 0.1) is 20.8 Å². The molecule has 0 aromatic heterocycles. The van der Waals surface area contributed by atoms with E-state index in [4.69, 9.17) is 5.84 Å². The fourth-order valence-electron chi connectivity index (χ4n) is 1.96. The van der Waals surface area contributed by atoms with Gasteiger partial charge in [0.25, 0.3) is 0 Å². The third-order valence-corrected chi connectivity index (χ3v) is 5.01. The summed E-state index contributed by atoms with van der Waals surface area (Å²) in [6, 6.07) is 4.76. The van der Waals surface area contributed by atoms with Crippen LogP contribution in [-0.2, 0) is 0 Å². The van der Waals surface area contributed by atoms with Crippen molar-refractivity contribution in [2.75, 3.05) is 5.75 Å². The van der Waals surface area contributed by atoms with Gasteiger partial charge < -0.3 is 0 Å². The third-order valence-electron chi connectivity index (χ3n) is 3.58. The number of nitrogens with one attached hydrogen (secondary N) is 1. The molecule has 102 valence electrons. The highest BCUT2D eigenvalue weighted by Crippen LogP contribution is 2.26. The molecule has 0 fully saturated rings. The van der Waals surface area contributed by atoms with Crippen LogP contribution in [0.3, 0.4) is 0 Å². The molecule has 2 nitrogen and oxygen atoms in total. The smallest absolute Gasteiger partial charge is 0.0553 e. The van der Waals surface area contributed by atoms with Gasteiger partial charge in [0, 0.05) is 11.0 Å². The lowest BCUT2D eigenvalue weighted by Gasteiger charge is -2.21. The minimum absolute atomic E-state index is 0.239. The molecule has 0 aliphatic rings. The molecule has 0 aliphatic carbocycles. The van der Waals surface area contributed by atoms with Gasteiger partial charge in [-0.15, -0.1) is 0 Å². The van der Waals surface area contributed by atoms with Crippen molar-refractivity contribution in [1.29, 1.82) is 0 Å². The van der Waals surface area contributed by atoms with E-state index < -0.39 is 0 Å². The lowest BCUT2D eigenvalue weighted by molar-refractivity contribution is 0.606. The minimum Gasteiger partial charge on any atom is -0.271 e. The average molecular weight is 266 g/mol. The van der Waals surface area contributed by atoms with E-state index in [2.05, 4.69) is 52.2 Å². The number of hydrazine groups is 1. The van der Waals surface area contributed by atoms with Crippen LogP contribution in [0.5, 0.6) is 0 Å². The van der Waals surface area contributed by atoms with Crippen molar-refractivity contribution in [2.45, 2.75) is 52.3 Å². The highest BCUT2D eigenvalue weighted by atomic mass is 32.2. The molecule has 0 radical (unpaired) electrons. The van der Waals surface area contributed by atoms with Crippen molar-refractivity contribution >= 4 is 11.8 Å². The summed E-state index contributed by atoms with van der Waals surface area (Å²) >= 11 is 1.98. The van der Waals surface area contributed by atoms with Crippen LogP contribution < -0.4 is 11.3 Å². The van der Waals surface area contributed by atoms with Gasteiger partial charge in [-0.1, -0.05) is 26.0 Å². The van der Waals surface area contributed by atoms with Gasteiger partial charge >= 0.3 is 0 Å². The predicted octanol–water partition coefficient (Wildman–Crippen LogP) is 3.65. The Morgan fingerprint density at radius 2 is 1.78 bits per heavy atom. The summed E-state index contributed by atoms with van der Waals surface area (Å²) in [6.07, 6.45) is 1.20. The van der Waals surface area contributed by atoms with Gasteiger partial charge in [-0.2, -0.15) is 11.8 Å². The van der Waals surface area contributed by atoms with Crippen molar-refractivity contribution in [3.8, 4) is 0 Å². The summed E-state index contributed by atoms with van der Waals surface area (Å²) in [7, 11) is 0. The van der Waals surface area contributed by atoms with Gasteiger partial charge in [-0.25, -0.2) is 0 Å². The molecule has 3 heteroatoms. The average Bonchev–Trinajstić information content (AvgIpc) is 2.35. The molecule has 0 bridgehead atoms. The molecule has 1 aromatic rings. The zero-order chi connectivity index (χ0) is 13.7. The summed E-state index contributed by atoms with van der Waals surface area (Å²) in [5.74, 6) is 6.75. The van der Waals surface area contributed by atoms with Crippen LogP contribution in [0.4, 0.5) is 0 Å². The van der Waals surface area contributed by atoms with Crippen molar-refractivity contribution in [1.82, 2.24) is 5.43 Å². The Hall–Kier alpha value is -0.510. The van der Waals surface area contributed by atoms with Crippen LogP contribution in [0.25, 0.3) is 0 Å². The first kappa shape index (κ1) is 15.5. The van der Waals surface area contributed by atoms with Crippen molar-refractivity contribution in [2.24, 2.45) is 5.84 Å². The summed E-state index contributed by atoms with van der Waals surface area (Å²) in [6.45, 7) is 11.0. The second kappa shape index (κ2) is 7.17. The van der Waals surface area contributed by atoms with E-state index in [1.54, 1.807) is 0 Å². The topological polar surface area (TPSA) is 38.0 Å². The molecular weight excluding hydrogens is 240 g/mol. The second-order valence-electron chi connectivity index (χ2n) is 5.06. The largest absolute Gasteiger partial charge is 0.271 e.